The molecule has 2 heterocycles. The number of benzene rings is 1. The molecule has 2 unspecified atom stereocenters. The monoisotopic (exact) mass is 496 g/mol. The zero-order chi connectivity index (χ0) is 24.1. The third kappa shape index (κ3) is 5.25. The van der Waals surface area contributed by atoms with Crippen LogP contribution in [0.15, 0.2) is 45.8 Å². The molecule has 2 atom stereocenters. The lowest BCUT2D eigenvalue weighted by Crippen LogP contribution is -2.30. The summed E-state index contributed by atoms with van der Waals surface area (Å²) in [4.78, 5) is 18.2. The molecule has 0 spiro atoms. The van der Waals surface area contributed by atoms with Crippen LogP contribution in [0.1, 0.15) is 35.2 Å². The predicted octanol–water partition coefficient (Wildman–Crippen LogP) is 5.78. The predicted molar refractivity (Wildman–Crippen MR) is 131 cm³/mol. The number of nitrogens with one attached hydrogen (secondary N) is 1. The SMILES string of the molecule is CCOC(=O)C1=C(CSc2nc(C)cc(C)c2C#N)SC(=N)C(C#N)C1c1ccccc1Cl. The summed E-state index contributed by atoms with van der Waals surface area (Å²) in [5.74, 6) is -1.83. The summed E-state index contributed by atoms with van der Waals surface area (Å²) in [5.41, 5.74) is 3.03. The molecule has 0 amide bonds. The van der Waals surface area contributed by atoms with Crippen molar-refractivity contribution < 1.29 is 9.53 Å². The largest absolute Gasteiger partial charge is 0.463 e. The number of thioether (sulfide) groups is 2. The van der Waals surface area contributed by atoms with Crippen LogP contribution in [0, 0.1) is 47.8 Å². The van der Waals surface area contributed by atoms with E-state index in [9.17, 15) is 15.3 Å². The molecule has 1 aliphatic heterocycles. The van der Waals surface area contributed by atoms with E-state index < -0.39 is 17.8 Å². The van der Waals surface area contributed by atoms with Crippen molar-refractivity contribution in [2.75, 3.05) is 12.4 Å². The Balaban J connectivity index is 2.13. The van der Waals surface area contributed by atoms with Crippen LogP contribution in [0.5, 0.6) is 0 Å². The van der Waals surface area contributed by atoms with Gasteiger partial charge in [0.15, 0.2) is 0 Å². The Morgan fingerprint density at radius 2 is 2.06 bits per heavy atom. The fourth-order valence-electron chi connectivity index (χ4n) is 3.67. The van der Waals surface area contributed by atoms with Gasteiger partial charge in [-0.25, -0.2) is 9.78 Å². The lowest BCUT2D eigenvalue weighted by atomic mass is 9.80. The first-order chi connectivity index (χ1) is 15.8. The molecular formula is C24H21ClN4O2S2. The van der Waals surface area contributed by atoms with E-state index in [-0.39, 0.29) is 11.7 Å². The Morgan fingerprint density at radius 1 is 1.33 bits per heavy atom. The summed E-state index contributed by atoms with van der Waals surface area (Å²) in [5, 5.41) is 29.1. The van der Waals surface area contributed by atoms with Gasteiger partial charge in [-0.3, -0.25) is 5.41 Å². The first-order valence-electron chi connectivity index (χ1n) is 10.1. The quantitative estimate of drug-likeness (QED) is 0.398. The van der Waals surface area contributed by atoms with Crippen LogP contribution in [0.3, 0.4) is 0 Å². The van der Waals surface area contributed by atoms with E-state index in [1.807, 2.05) is 19.9 Å². The molecule has 1 aromatic carbocycles. The zero-order valence-corrected chi connectivity index (χ0v) is 20.7. The number of nitrogens with zero attached hydrogens (tertiary/aromatic N) is 3. The van der Waals surface area contributed by atoms with Crippen molar-refractivity contribution in [1.82, 2.24) is 4.98 Å². The number of carbonyl (C=O) groups excluding carboxylic acids is 1. The molecule has 1 N–H and O–H groups in total. The molecule has 6 nitrogen and oxygen atoms in total. The molecule has 168 valence electrons. The van der Waals surface area contributed by atoms with Crippen molar-refractivity contribution in [3.8, 4) is 12.1 Å². The van der Waals surface area contributed by atoms with E-state index in [2.05, 4.69) is 17.1 Å². The van der Waals surface area contributed by atoms with Gasteiger partial charge in [0.2, 0.25) is 0 Å². The second-order valence-electron chi connectivity index (χ2n) is 7.29. The standard InChI is InChI=1S/C24H21ClN4O2S2/c1-4-31-24(30)21-19(12-32-23-16(10-26)13(2)9-14(3)29-23)33-22(28)17(11-27)20(21)15-7-5-6-8-18(15)25/h5-9,17,20,28H,4,12H2,1-3H3. The van der Waals surface area contributed by atoms with Gasteiger partial charge in [0.25, 0.3) is 0 Å². The van der Waals surface area contributed by atoms with E-state index >= 15 is 0 Å². The number of pyridine rings is 1. The van der Waals surface area contributed by atoms with Gasteiger partial charge in [-0.15, -0.1) is 0 Å². The Hall–Kier alpha value is -2.78. The van der Waals surface area contributed by atoms with Crippen LogP contribution < -0.4 is 0 Å². The van der Waals surface area contributed by atoms with Crippen LogP contribution in [-0.4, -0.2) is 28.4 Å². The molecule has 3 rings (SSSR count). The molecule has 1 aliphatic rings. The average Bonchev–Trinajstić information content (AvgIpc) is 2.77. The lowest BCUT2D eigenvalue weighted by molar-refractivity contribution is -0.138. The maximum Gasteiger partial charge on any atom is 0.335 e. The number of aromatic nitrogens is 1. The second kappa shape index (κ2) is 10.9. The minimum absolute atomic E-state index is 0.139. The van der Waals surface area contributed by atoms with Crippen molar-refractivity contribution in [1.29, 1.82) is 15.9 Å². The Morgan fingerprint density at radius 3 is 2.70 bits per heavy atom. The fraction of sp³-hybridized carbons (Fsp3) is 0.292. The van der Waals surface area contributed by atoms with E-state index in [0.717, 1.165) is 23.0 Å². The third-order valence-corrected chi connectivity index (χ3v) is 7.71. The van der Waals surface area contributed by atoms with Gasteiger partial charge in [0, 0.05) is 27.3 Å². The van der Waals surface area contributed by atoms with Gasteiger partial charge in [0.1, 0.15) is 17.0 Å². The van der Waals surface area contributed by atoms with Crippen molar-refractivity contribution in [2.45, 2.75) is 31.7 Å². The summed E-state index contributed by atoms with van der Waals surface area (Å²) in [6.45, 7) is 5.61. The first kappa shape index (κ1) is 24.9. The lowest BCUT2D eigenvalue weighted by Gasteiger charge is -2.31. The number of aryl methyl sites for hydroxylation is 2. The summed E-state index contributed by atoms with van der Waals surface area (Å²) >= 11 is 8.87. The number of nitriles is 2. The molecule has 0 saturated carbocycles. The zero-order valence-electron chi connectivity index (χ0n) is 18.3. The molecule has 0 fully saturated rings. The number of ether oxygens (including phenoxy) is 1. The smallest absolute Gasteiger partial charge is 0.335 e. The van der Waals surface area contributed by atoms with Gasteiger partial charge in [-0.05, 0) is 44.0 Å². The molecule has 1 aromatic heterocycles. The number of carbonyl (C=O) groups is 1. The van der Waals surface area contributed by atoms with E-state index in [4.69, 9.17) is 21.7 Å². The van der Waals surface area contributed by atoms with Gasteiger partial charge in [-0.1, -0.05) is 53.3 Å². The molecule has 2 aromatic rings. The van der Waals surface area contributed by atoms with Gasteiger partial charge in [0.05, 0.1) is 28.9 Å². The third-order valence-electron chi connectivity index (χ3n) is 5.10. The minimum atomic E-state index is -0.864. The van der Waals surface area contributed by atoms with E-state index in [0.29, 0.717) is 37.4 Å². The summed E-state index contributed by atoms with van der Waals surface area (Å²) in [6.07, 6.45) is 0. The topological polar surface area (TPSA) is 111 Å². The van der Waals surface area contributed by atoms with E-state index in [1.54, 1.807) is 31.2 Å². The highest BCUT2D eigenvalue weighted by molar-refractivity contribution is 8.18. The van der Waals surface area contributed by atoms with Crippen LogP contribution in [0.4, 0.5) is 0 Å². The van der Waals surface area contributed by atoms with Gasteiger partial charge < -0.3 is 4.74 Å². The number of hydrogen-bond donors (Lipinski definition) is 1. The average molecular weight is 497 g/mol. The maximum atomic E-state index is 13.1. The fourth-order valence-corrected chi connectivity index (χ4v) is 6.22. The molecule has 0 aliphatic carbocycles. The van der Waals surface area contributed by atoms with Crippen LogP contribution >= 0.6 is 35.1 Å². The van der Waals surface area contributed by atoms with Crippen molar-refractivity contribution in [2.24, 2.45) is 5.92 Å². The van der Waals surface area contributed by atoms with Crippen LogP contribution in [0.2, 0.25) is 5.02 Å². The van der Waals surface area contributed by atoms with Gasteiger partial charge >= 0.3 is 5.97 Å². The molecule has 0 radical (unpaired) electrons. The number of esters is 1. The van der Waals surface area contributed by atoms with E-state index in [1.165, 1.54) is 11.8 Å². The second-order valence-corrected chi connectivity index (χ2v) is 9.80. The number of halogens is 1. The maximum absolute atomic E-state index is 13.1. The Kier molecular flexibility index (Phi) is 8.20. The summed E-state index contributed by atoms with van der Waals surface area (Å²) in [6, 6.07) is 13.3. The Labute approximate surface area is 206 Å². The highest BCUT2D eigenvalue weighted by Crippen LogP contribution is 2.48. The van der Waals surface area contributed by atoms with Crippen molar-refractivity contribution >= 4 is 46.1 Å². The van der Waals surface area contributed by atoms with Gasteiger partial charge in [-0.2, -0.15) is 10.5 Å². The summed E-state index contributed by atoms with van der Waals surface area (Å²) < 4.78 is 5.36. The highest BCUT2D eigenvalue weighted by Gasteiger charge is 2.41. The summed E-state index contributed by atoms with van der Waals surface area (Å²) in [7, 11) is 0. The number of rotatable bonds is 6. The molecule has 9 heteroatoms. The van der Waals surface area contributed by atoms with Crippen LogP contribution in [0.25, 0.3) is 0 Å². The van der Waals surface area contributed by atoms with Crippen molar-refractivity contribution in [3.05, 3.63) is 68.2 Å². The van der Waals surface area contributed by atoms with Crippen molar-refractivity contribution in [3.63, 3.8) is 0 Å². The number of hydrogen-bond acceptors (Lipinski definition) is 8. The first-order valence-corrected chi connectivity index (χ1v) is 12.3. The highest BCUT2D eigenvalue weighted by atomic mass is 35.5. The Bertz CT molecular complexity index is 1230. The molecule has 0 saturated heterocycles. The normalized spacial score (nSPS) is 17.9. The minimum Gasteiger partial charge on any atom is -0.463 e. The molecule has 33 heavy (non-hydrogen) atoms. The molecule has 0 bridgehead atoms. The van der Waals surface area contributed by atoms with Crippen LogP contribution in [-0.2, 0) is 9.53 Å². The molecular weight excluding hydrogens is 476 g/mol.